The summed E-state index contributed by atoms with van der Waals surface area (Å²) in [5, 5.41) is 9.60. The lowest BCUT2D eigenvalue weighted by molar-refractivity contribution is 0.103. The number of carbonyl (C=O) groups excluding carboxylic acids is 2. The summed E-state index contributed by atoms with van der Waals surface area (Å²) in [6.45, 7) is 0. The highest BCUT2D eigenvalue weighted by Crippen LogP contribution is 2.26. The average molecular weight is 351 g/mol. The second-order valence-electron chi connectivity index (χ2n) is 6.05. The first kappa shape index (κ1) is 15.7. The zero-order valence-corrected chi connectivity index (χ0v) is 14.2. The highest BCUT2D eigenvalue weighted by Gasteiger charge is 2.23. The first-order chi connectivity index (χ1) is 12.2. The molecule has 0 aliphatic heterocycles. The molecule has 1 aliphatic rings. The quantitative estimate of drug-likeness (QED) is 0.650. The molecule has 0 unspecified atom stereocenters. The van der Waals surface area contributed by atoms with E-state index in [0.29, 0.717) is 22.3 Å². The summed E-state index contributed by atoms with van der Waals surface area (Å²) in [5.41, 5.74) is 1.38. The molecule has 1 heterocycles. The minimum Gasteiger partial charge on any atom is -0.335 e. The molecule has 0 atom stereocenters. The van der Waals surface area contributed by atoms with Gasteiger partial charge in [-0.1, -0.05) is 18.2 Å². The Kier molecular flexibility index (Phi) is 4.11. The Morgan fingerprint density at radius 2 is 1.60 bits per heavy atom. The number of urea groups is 1. The van der Waals surface area contributed by atoms with Crippen molar-refractivity contribution in [1.29, 1.82) is 0 Å². The van der Waals surface area contributed by atoms with E-state index in [2.05, 4.69) is 16.0 Å². The van der Waals surface area contributed by atoms with Crippen molar-refractivity contribution < 1.29 is 9.59 Å². The zero-order chi connectivity index (χ0) is 17.2. The van der Waals surface area contributed by atoms with Crippen LogP contribution < -0.4 is 16.0 Å². The molecule has 2 aromatic carbocycles. The van der Waals surface area contributed by atoms with Gasteiger partial charge in [0.1, 0.15) is 0 Å². The van der Waals surface area contributed by atoms with Crippen LogP contribution in [0.3, 0.4) is 0 Å². The smallest absolute Gasteiger partial charge is 0.319 e. The second-order valence-corrected chi connectivity index (χ2v) is 7.14. The van der Waals surface area contributed by atoms with Gasteiger partial charge < -0.3 is 16.0 Å². The number of amides is 3. The van der Waals surface area contributed by atoms with Gasteiger partial charge in [0.15, 0.2) is 0 Å². The number of thiophene rings is 1. The van der Waals surface area contributed by atoms with E-state index in [4.69, 9.17) is 0 Å². The van der Waals surface area contributed by atoms with E-state index < -0.39 is 0 Å². The molecule has 4 rings (SSSR count). The maximum atomic E-state index is 12.4. The molecule has 3 N–H and O–H groups in total. The Balaban J connectivity index is 1.39. The summed E-state index contributed by atoms with van der Waals surface area (Å²) in [7, 11) is 0. The zero-order valence-electron chi connectivity index (χ0n) is 13.4. The highest BCUT2D eigenvalue weighted by atomic mass is 32.1. The van der Waals surface area contributed by atoms with Crippen molar-refractivity contribution in [3.8, 4) is 0 Å². The number of hydrogen-bond acceptors (Lipinski definition) is 3. The molecule has 0 saturated heterocycles. The Morgan fingerprint density at radius 1 is 0.920 bits per heavy atom. The van der Waals surface area contributed by atoms with Crippen molar-refractivity contribution in [3.05, 3.63) is 59.5 Å². The topological polar surface area (TPSA) is 70.2 Å². The van der Waals surface area contributed by atoms with Crippen molar-refractivity contribution >= 4 is 44.7 Å². The molecule has 6 heteroatoms. The van der Waals surface area contributed by atoms with Gasteiger partial charge in [-0.2, -0.15) is 0 Å². The third-order valence-corrected chi connectivity index (χ3v) is 5.08. The van der Waals surface area contributed by atoms with Gasteiger partial charge in [0, 0.05) is 22.1 Å². The van der Waals surface area contributed by atoms with Gasteiger partial charge in [-0.05, 0) is 54.6 Å². The molecular weight excluding hydrogens is 334 g/mol. The monoisotopic (exact) mass is 351 g/mol. The van der Waals surface area contributed by atoms with Gasteiger partial charge in [0.05, 0.1) is 4.88 Å². The largest absolute Gasteiger partial charge is 0.335 e. The van der Waals surface area contributed by atoms with Crippen molar-refractivity contribution in [2.75, 3.05) is 10.6 Å². The maximum Gasteiger partial charge on any atom is 0.319 e. The van der Waals surface area contributed by atoms with Crippen LogP contribution in [-0.4, -0.2) is 18.0 Å². The predicted molar refractivity (Wildman–Crippen MR) is 101 cm³/mol. The van der Waals surface area contributed by atoms with Crippen LogP contribution in [0.15, 0.2) is 54.6 Å². The van der Waals surface area contributed by atoms with E-state index in [9.17, 15) is 9.59 Å². The Bertz CT molecular complexity index is 896. The molecule has 0 spiro atoms. The molecule has 1 aliphatic carbocycles. The fourth-order valence-electron chi connectivity index (χ4n) is 2.50. The van der Waals surface area contributed by atoms with Crippen LogP contribution in [0.1, 0.15) is 22.5 Å². The lowest BCUT2D eigenvalue weighted by Gasteiger charge is -2.08. The molecular formula is C19H17N3O2S. The highest BCUT2D eigenvalue weighted by molar-refractivity contribution is 7.20. The third kappa shape index (κ3) is 3.80. The molecule has 3 amide bonds. The van der Waals surface area contributed by atoms with Crippen LogP contribution in [0.4, 0.5) is 16.2 Å². The first-order valence-corrected chi connectivity index (χ1v) is 8.96. The normalized spacial score (nSPS) is 13.4. The van der Waals surface area contributed by atoms with E-state index in [-0.39, 0.29) is 11.9 Å². The molecule has 1 saturated carbocycles. The van der Waals surface area contributed by atoms with Crippen LogP contribution in [0, 0.1) is 0 Å². The van der Waals surface area contributed by atoms with Crippen molar-refractivity contribution in [1.82, 2.24) is 5.32 Å². The maximum absolute atomic E-state index is 12.4. The van der Waals surface area contributed by atoms with Crippen LogP contribution in [-0.2, 0) is 0 Å². The van der Waals surface area contributed by atoms with Crippen molar-refractivity contribution in [2.45, 2.75) is 18.9 Å². The first-order valence-electron chi connectivity index (χ1n) is 8.15. The van der Waals surface area contributed by atoms with Crippen LogP contribution in [0.5, 0.6) is 0 Å². The fraction of sp³-hybridized carbons (Fsp3) is 0.158. The number of fused-ring (bicyclic) bond motifs is 1. The van der Waals surface area contributed by atoms with Gasteiger partial charge in [0.2, 0.25) is 0 Å². The fourth-order valence-corrected chi connectivity index (χ4v) is 3.46. The second kappa shape index (κ2) is 6.57. The summed E-state index contributed by atoms with van der Waals surface area (Å²) in [5.74, 6) is -0.131. The van der Waals surface area contributed by atoms with Crippen LogP contribution in [0.25, 0.3) is 10.1 Å². The summed E-state index contributed by atoms with van der Waals surface area (Å²) >= 11 is 1.47. The van der Waals surface area contributed by atoms with Gasteiger partial charge in [0.25, 0.3) is 5.91 Å². The van der Waals surface area contributed by atoms with Crippen molar-refractivity contribution in [2.24, 2.45) is 0 Å². The Hall–Kier alpha value is -2.86. The van der Waals surface area contributed by atoms with Crippen LogP contribution >= 0.6 is 11.3 Å². The molecule has 1 aromatic heterocycles. The number of carbonyl (C=O) groups is 2. The Morgan fingerprint density at radius 3 is 2.28 bits per heavy atom. The van der Waals surface area contributed by atoms with E-state index in [1.165, 1.54) is 11.3 Å². The molecule has 25 heavy (non-hydrogen) atoms. The summed E-state index contributed by atoms with van der Waals surface area (Å²) < 4.78 is 1.09. The van der Waals surface area contributed by atoms with Crippen LogP contribution in [0.2, 0.25) is 0 Å². The van der Waals surface area contributed by atoms with E-state index >= 15 is 0 Å². The van der Waals surface area contributed by atoms with Gasteiger partial charge in [-0.25, -0.2) is 4.79 Å². The third-order valence-electron chi connectivity index (χ3n) is 3.96. The molecule has 0 bridgehead atoms. The lowest BCUT2D eigenvalue weighted by atomic mass is 10.2. The van der Waals surface area contributed by atoms with Crippen molar-refractivity contribution in [3.63, 3.8) is 0 Å². The molecule has 5 nitrogen and oxygen atoms in total. The van der Waals surface area contributed by atoms with E-state index in [1.807, 2.05) is 30.3 Å². The van der Waals surface area contributed by atoms with Gasteiger partial charge in [-0.3, -0.25) is 4.79 Å². The number of anilines is 2. The van der Waals surface area contributed by atoms with E-state index in [1.54, 1.807) is 24.3 Å². The van der Waals surface area contributed by atoms with E-state index in [0.717, 1.165) is 22.9 Å². The minimum atomic E-state index is -0.190. The molecule has 1 fully saturated rings. The number of hydrogen-bond donors (Lipinski definition) is 3. The molecule has 0 radical (unpaired) electrons. The number of benzene rings is 2. The average Bonchev–Trinajstić information content (AvgIpc) is 3.30. The summed E-state index contributed by atoms with van der Waals surface area (Å²) in [6.07, 6.45) is 2.10. The Labute approximate surface area is 149 Å². The summed E-state index contributed by atoms with van der Waals surface area (Å²) in [6, 6.07) is 17.0. The predicted octanol–water partition coefficient (Wildman–Crippen LogP) is 4.44. The number of nitrogens with one attached hydrogen (secondary N) is 3. The lowest BCUT2D eigenvalue weighted by Crippen LogP contribution is -2.30. The standard InChI is InChI=1S/C19H17N3O2S/c23-18(17-11-12-3-1-2-4-16(12)25-17)20-13-5-7-14(8-6-13)21-19(24)22-15-9-10-15/h1-8,11,15H,9-10H2,(H,20,23)(H2,21,22,24). The number of rotatable bonds is 4. The molecule has 3 aromatic rings. The minimum absolute atomic E-state index is 0.131. The van der Waals surface area contributed by atoms with Gasteiger partial charge >= 0.3 is 6.03 Å². The van der Waals surface area contributed by atoms with Gasteiger partial charge in [-0.15, -0.1) is 11.3 Å². The molecule has 126 valence electrons. The SMILES string of the molecule is O=C(Nc1ccc(NC(=O)c2cc3ccccc3s2)cc1)NC1CC1. The summed E-state index contributed by atoms with van der Waals surface area (Å²) in [4.78, 5) is 24.8.